The summed E-state index contributed by atoms with van der Waals surface area (Å²) in [4.78, 5) is 22.4. The van der Waals surface area contributed by atoms with Crippen LogP contribution in [0.2, 0.25) is 0 Å². The van der Waals surface area contributed by atoms with Crippen molar-refractivity contribution in [2.75, 3.05) is 7.11 Å². The zero-order valence-corrected chi connectivity index (χ0v) is 7.55. The van der Waals surface area contributed by atoms with E-state index in [2.05, 4.69) is 4.74 Å². The molecule has 1 rings (SSSR count). The van der Waals surface area contributed by atoms with Crippen molar-refractivity contribution in [1.29, 1.82) is 0 Å². The highest BCUT2D eigenvalue weighted by molar-refractivity contribution is 5.90. The molecule has 1 aliphatic rings. The molecule has 0 bridgehead atoms. The van der Waals surface area contributed by atoms with E-state index in [1.54, 1.807) is 0 Å². The van der Waals surface area contributed by atoms with Gasteiger partial charge in [0, 0.05) is 12.8 Å². The summed E-state index contributed by atoms with van der Waals surface area (Å²) in [6.07, 6.45) is 2.26. The van der Waals surface area contributed by atoms with E-state index in [1.807, 2.05) is 6.92 Å². The Bertz CT molecular complexity index is 210. The Kier molecular flexibility index (Phi) is 2.50. The third kappa shape index (κ3) is 1.36. The van der Waals surface area contributed by atoms with Crippen LogP contribution < -0.4 is 0 Å². The van der Waals surface area contributed by atoms with Crippen LogP contribution in [0.1, 0.15) is 32.6 Å². The van der Waals surface area contributed by atoms with Crippen LogP contribution in [0.5, 0.6) is 0 Å². The molecule has 0 unspecified atom stereocenters. The van der Waals surface area contributed by atoms with Crippen molar-refractivity contribution >= 4 is 11.8 Å². The molecule has 3 nitrogen and oxygen atoms in total. The normalized spacial score (nSPS) is 29.0. The van der Waals surface area contributed by atoms with Crippen molar-refractivity contribution in [3.8, 4) is 0 Å². The molecule has 68 valence electrons. The highest BCUT2D eigenvalue weighted by Crippen LogP contribution is 2.39. The minimum absolute atomic E-state index is 0.183. The maximum Gasteiger partial charge on any atom is 0.312 e. The van der Waals surface area contributed by atoms with Crippen molar-refractivity contribution < 1.29 is 14.3 Å². The van der Waals surface area contributed by atoms with Crippen molar-refractivity contribution in [2.24, 2.45) is 5.41 Å². The topological polar surface area (TPSA) is 43.4 Å². The molecule has 12 heavy (non-hydrogen) atoms. The first-order valence-electron chi connectivity index (χ1n) is 4.25. The summed E-state index contributed by atoms with van der Waals surface area (Å²) in [5, 5.41) is 0. The average Bonchev–Trinajstić information content (AvgIpc) is 2.47. The second-order valence-electron chi connectivity index (χ2n) is 3.34. The molecule has 0 aromatic carbocycles. The van der Waals surface area contributed by atoms with Gasteiger partial charge in [0.25, 0.3) is 0 Å². The van der Waals surface area contributed by atoms with Gasteiger partial charge in [-0.15, -0.1) is 0 Å². The molecule has 0 spiro atoms. The lowest BCUT2D eigenvalue weighted by molar-refractivity contribution is -0.153. The summed E-state index contributed by atoms with van der Waals surface area (Å²) < 4.78 is 4.69. The predicted octanol–water partition coefficient (Wildman–Crippen LogP) is 1.31. The smallest absolute Gasteiger partial charge is 0.312 e. The molecular weight excluding hydrogens is 156 g/mol. The lowest BCUT2D eigenvalue weighted by Crippen LogP contribution is -2.29. The number of ether oxygens (including phenoxy) is 1. The number of esters is 1. The number of ketones is 1. The highest BCUT2D eigenvalue weighted by atomic mass is 16.5. The Morgan fingerprint density at radius 2 is 2.33 bits per heavy atom. The molecule has 0 amide bonds. The van der Waals surface area contributed by atoms with E-state index in [0.717, 1.165) is 0 Å². The molecule has 0 aromatic rings. The number of methoxy groups -OCH3 is 1. The van der Waals surface area contributed by atoms with Gasteiger partial charge in [-0.05, 0) is 12.8 Å². The highest BCUT2D eigenvalue weighted by Gasteiger charge is 2.44. The molecule has 0 saturated heterocycles. The monoisotopic (exact) mass is 170 g/mol. The fraction of sp³-hybridized carbons (Fsp3) is 0.778. The lowest BCUT2D eigenvalue weighted by Gasteiger charge is -2.22. The first-order valence-corrected chi connectivity index (χ1v) is 4.25. The second-order valence-corrected chi connectivity index (χ2v) is 3.34. The Morgan fingerprint density at radius 1 is 1.67 bits per heavy atom. The summed E-state index contributed by atoms with van der Waals surface area (Å²) in [7, 11) is 1.38. The summed E-state index contributed by atoms with van der Waals surface area (Å²) in [5.41, 5.74) is -0.494. The third-order valence-corrected chi connectivity index (χ3v) is 2.71. The van der Waals surface area contributed by atoms with E-state index in [0.29, 0.717) is 25.7 Å². The average molecular weight is 170 g/mol. The largest absolute Gasteiger partial charge is 0.469 e. The predicted molar refractivity (Wildman–Crippen MR) is 43.6 cm³/mol. The SMILES string of the molecule is CC[C@@]1(C(=O)OC)CCC(=O)C1. The molecule has 0 heterocycles. The zero-order valence-electron chi connectivity index (χ0n) is 7.55. The number of hydrogen-bond donors (Lipinski definition) is 0. The fourth-order valence-electron chi connectivity index (χ4n) is 1.77. The van der Waals surface area contributed by atoms with Crippen LogP contribution in [-0.4, -0.2) is 18.9 Å². The van der Waals surface area contributed by atoms with E-state index in [4.69, 9.17) is 0 Å². The van der Waals surface area contributed by atoms with Crippen molar-refractivity contribution in [2.45, 2.75) is 32.6 Å². The maximum atomic E-state index is 11.3. The van der Waals surface area contributed by atoms with Crippen LogP contribution >= 0.6 is 0 Å². The Morgan fingerprint density at radius 3 is 2.67 bits per heavy atom. The number of carbonyl (C=O) groups excluding carboxylic acids is 2. The van der Waals surface area contributed by atoms with Gasteiger partial charge in [-0.25, -0.2) is 0 Å². The van der Waals surface area contributed by atoms with E-state index in [-0.39, 0.29) is 11.8 Å². The molecular formula is C9H14O3. The number of carbonyl (C=O) groups is 2. The van der Waals surface area contributed by atoms with E-state index < -0.39 is 5.41 Å². The minimum Gasteiger partial charge on any atom is -0.469 e. The van der Waals surface area contributed by atoms with Gasteiger partial charge >= 0.3 is 5.97 Å². The van der Waals surface area contributed by atoms with Crippen molar-refractivity contribution in [3.63, 3.8) is 0 Å². The molecule has 3 heteroatoms. The van der Waals surface area contributed by atoms with Crippen LogP contribution in [0.25, 0.3) is 0 Å². The number of Topliss-reactive ketones (excluding diaryl/α,β-unsaturated/α-hetero) is 1. The molecule has 1 atom stereocenters. The second kappa shape index (κ2) is 3.25. The first-order chi connectivity index (χ1) is 5.64. The van der Waals surface area contributed by atoms with Crippen molar-refractivity contribution in [1.82, 2.24) is 0 Å². The van der Waals surface area contributed by atoms with Gasteiger partial charge in [0.15, 0.2) is 0 Å². The first kappa shape index (κ1) is 9.23. The van der Waals surface area contributed by atoms with Crippen LogP contribution in [0.3, 0.4) is 0 Å². The third-order valence-electron chi connectivity index (χ3n) is 2.71. The van der Waals surface area contributed by atoms with E-state index in [1.165, 1.54) is 7.11 Å². The Hall–Kier alpha value is -0.860. The van der Waals surface area contributed by atoms with E-state index in [9.17, 15) is 9.59 Å². The van der Waals surface area contributed by atoms with E-state index >= 15 is 0 Å². The summed E-state index contributed by atoms with van der Waals surface area (Å²) >= 11 is 0. The summed E-state index contributed by atoms with van der Waals surface area (Å²) in [6.45, 7) is 1.93. The van der Waals surface area contributed by atoms with Gasteiger partial charge in [-0.2, -0.15) is 0 Å². The van der Waals surface area contributed by atoms with Gasteiger partial charge in [-0.1, -0.05) is 6.92 Å². The Labute approximate surface area is 72.1 Å². The lowest BCUT2D eigenvalue weighted by atomic mass is 9.83. The van der Waals surface area contributed by atoms with Crippen LogP contribution in [0, 0.1) is 5.41 Å². The summed E-state index contributed by atoms with van der Waals surface area (Å²) in [6, 6.07) is 0. The Balaban J connectivity index is 2.77. The maximum absolute atomic E-state index is 11.3. The number of rotatable bonds is 2. The van der Waals surface area contributed by atoms with Crippen LogP contribution in [0.4, 0.5) is 0 Å². The van der Waals surface area contributed by atoms with Gasteiger partial charge in [-0.3, -0.25) is 9.59 Å². The fourth-order valence-corrected chi connectivity index (χ4v) is 1.77. The molecule has 0 aromatic heterocycles. The van der Waals surface area contributed by atoms with Crippen LogP contribution in [-0.2, 0) is 14.3 Å². The molecule has 0 aliphatic heterocycles. The van der Waals surface area contributed by atoms with Crippen molar-refractivity contribution in [3.05, 3.63) is 0 Å². The molecule has 1 aliphatic carbocycles. The quantitative estimate of drug-likeness (QED) is 0.587. The minimum atomic E-state index is -0.494. The summed E-state index contributed by atoms with van der Waals surface area (Å²) in [5.74, 6) is -0.0434. The zero-order chi connectivity index (χ0) is 9.19. The number of hydrogen-bond acceptors (Lipinski definition) is 3. The van der Waals surface area contributed by atoms with Gasteiger partial charge in [0.05, 0.1) is 12.5 Å². The van der Waals surface area contributed by atoms with Crippen LogP contribution in [0.15, 0.2) is 0 Å². The molecule has 1 saturated carbocycles. The molecule has 0 radical (unpaired) electrons. The molecule has 0 N–H and O–H groups in total. The van der Waals surface area contributed by atoms with Gasteiger partial charge in [0.2, 0.25) is 0 Å². The van der Waals surface area contributed by atoms with Gasteiger partial charge in [0.1, 0.15) is 5.78 Å². The standard InChI is InChI=1S/C9H14O3/c1-3-9(8(11)12-2)5-4-7(10)6-9/h3-6H2,1-2H3/t9-/m1/s1. The van der Waals surface area contributed by atoms with Gasteiger partial charge < -0.3 is 4.74 Å². The molecule has 1 fully saturated rings.